The number of hydrogen-bond acceptors (Lipinski definition) is 3. The molecule has 0 aliphatic carbocycles. The molecule has 14 heavy (non-hydrogen) atoms. The molecule has 1 amide bonds. The van der Waals surface area contributed by atoms with E-state index in [1.165, 1.54) is 0 Å². The van der Waals surface area contributed by atoms with Crippen LogP contribution in [-0.2, 0) is 4.74 Å². The van der Waals surface area contributed by atoms with Crippen LogP contribution in [0, 0.1) is 0 Å². The predicted octanol–water partition coefficient (Wildman–Crippen LogP) is 1.41. The fourth-order valence-electron chi connectivity index (χ4n) is 0.988. The van der Waals surface area contributed by atoms with Crippen molar-refractivity contribution in [2.24, 2.45) is 5.73 Å². The van der Waals surface area contributed by atoms with Gasteiger partial charge in [0.05, 0.1) is 0 Å². The van der Waals surface area contributed by atoms with Crippen LogP contribution in [0.5, 0.6) is 0 Å². The molecule has 0 atom stereocenters. The molecule has 1 aliphatic rings. The lowest BCUT2D eigenvalue weighted by molar-refractivity contribution is 0.00884. The van der Waals surface area contributed by atoms with Crippen LogP contribution < -0.4 is 5.73 Å². The summed E-state index contributed by atoms with van der Waals surface area (Å²) in [5, 5.41) is 0. The van der Waals surface area contributed by atoms with Gasteiger partial charge in [-0.25, -0.2) is 4.79 Å². The normalized spacial score (nSPS) is 16.1. The highest BCUT2D eigenvalue weighted by Crippen LogP contribution is 2.13. The van der Waals surface area contributed by atoms with E-state index in [1.54, 1.807) is 4.90 Å². The predicted molar refractivity (Wildman–Crippen MR) is 60.3 cm³/mol. The van der Waals surface area contributed by atoms with Crippen molar-refractivity contribution in [1.82, 2.24) is 4.90 Å². The van der Waals surface area contributed by atoms with Gasteiger partial charge in [-0.15, -0.1) is 24.8 Å². The van der Waals surface area contributed by atoms with E-state index in [1.807, 2.05) is 20.8 Å². The third kappa shape index (κ3) is 4.88. The van der Waals surface area contributed by atoms with Crippen LogP contribution in [0.15, 0.2) is 0 Å². The molecule has 1 saturated heterocycles. The lowest BCUT2D eigenvalue weighted by Gasteiger charge is -2.37. The van der Waals surface area contributed by atoms with Crippen LogP contribution in [0.4, 0.5) is 4.79 Å². The van der Waals surface area contributed by atoms with Crippen molar-refractivity contribution >= 4 is 30.9 Å². The second-order valence-corrected chi connectivity index (χ2v) is 4.15. The zero-order valence-corrected chi connectivity index (χ0v) is 10.3. The monoisotopic (exact) mass is 244 g/mol. The summed E-state index contributed by atoms with van der Waals surface area (Å²) in [4.78, 5) is 12.8. The van der Waals surface area contributed by atoms with Gasteiger partial charge in [0.2, 0.25) is 0 Å². The molecule has 0 bridgehead atoms. The molecule has 0 unspecified atom stereocenters. The largest absolute Gasteiger partial charge is 0.444 e. The van der Waals surface area contributed by atoms with Crippen LogP contribution in [0.25, 0.3) is 0 Å². The van der Waals surface area contributed by atoms with Gasteiger partial charge in [0.25, 0.3) is 0 Å². The second-order valence-electron chi connectivity index (χ2n) is 4.15. The van der Waals surface area contributed by atoms with Crippen molar-refractivity contribution in [2.75, 3.05) is 13.1 Å². The maximum absolute atomic E-state index is 11.2. The Balaban J connectivity index is 0. The van der Waals surface area contributed by atoms with Crippen LogP contribution in [0.3, 0.4) is 0 Å². The molecule has 86 valence electrons. The fraction of sp³-hybridized carbons (Fsp3) is 0.875. The molecule has 0 spiro atoms. The molecule has 2 N–H and O–H groups in total. The van der Waals surface area contributed by atoms with E-state index in [9.17, 15) is 4.79 Å². The molecule has 1 aliphatic heterocycles. The van der Waals surface area contributed by atoms with Crippen molar-refractivity contribution in [2.45, 2.75) is 32.4 Å². The summed E-state index contributed by atoms with van der Waals surface area (Å²) in [6.07, 6.45) is -0.260. The minimum atomic E-state index is -0.406. The van der Waals surface area contributed by atoms with Gasteiger partial charge in [-0.2, -0.15) is 0 Å². The highest BCUT2D eigenvalue weighted by molar-refractivity contribution is 5.85. The Morgan fingerprint density at radius 3 is 2.07 bits per heavy atom. The van der Waals surface area contributed by atoms with Gasteiger partial charge in [0, 0.05) is 19.1 Å². The summed E-state index contributed by atoms with van der Waals surface area (Å²) >= 11 is 0. The minimum absolute atomic E-state index is 0. The minimum Gasteiger partial charge on any atom is -0.444 e. The Bertz CT molecular complexity index is 188. The van der Waals surface area contributed by atoms with E-state index in [0.717, 1.165) is 0 Å². The van der Waals surface area contributed by atoms with Gasteiger partial charge in [-0.3, -0.25) is 0 Å². The van der Waals surface area contributed by atoms with Crippen molar-refractivity contribution in [1.29, 1.82) is 0 Å². The van der Waals surface area contributed by atoms with Gasteiger partial charge in [-0.1, -0.05) is 0 Å². The van der Waals surface area contributed by atoms with Gasteiger partial charge in [0.1, 0.15) is 5.60 Å². The smallest absolute Gasteiger partial charge is 0.410 e. The Morgan fingerprint density at radius 2 is 1.79 bits per heavy atom. The molecule has 1 rings (SSSR count). The first-order valence-electron chi connectivity index (χ1n) is 4.12. The maximum Gasteiger partial charge on any atom is 0.410 e. The average molecular weight is 245 g/mol. The number of nitrogens with two attached hydrogens (primary N) is 1. The molecule has 1 fully saturated rings. The second kappa shape index (κ2) is 5.63. The summed E-state index contributed by atoms with van der Waals surface area (Å²) in [5.41, 5.74) is 5.12. The first-order valence-corrected chi connectivity index (χ1v) is 4.12. The lowest BCUT2D eigenvalue weighted by atomic mass is 10.1. The van der Waals surface area contributed by atoms with Gasteiger partial charge >= 0.3 is 6.09 Å². The SMILES string of the molecule is CC(C)(C)OC(=O)N1CC(N)C1.Cl.Cl. The average Bonchev–Trinajstić information content (AvgIpc) is 1.76. The highest BCUT2D eigenvalue weighted by Gasteiger charge is 2.31. The molecule has 0 aromatic rings. The lowest BCUT2D eigenvalue weighted by Crippen LogP contribution is -2.58. The van der Waals surface area contributed by atoms with E-state index < -0.39 is 5.60 Å². The first kappa shape index (κ1) is 16.2. The number of ether oxygens (including phenoxy) is 1. The number of nitrogens with zero attached hydrogens (tertiary/aromatic N) is 1. The van der Waals surface area contributed by atoms with Gasteiger partial charge < -0.3 is 15.4 Å². The highest BCUT2D eigenvalue weighted by atomic mass is 35.5. The summed E-state index contributed by atoms with van der Waals surface area (Å²) < 4.78 is 5.12. The molecule has 0 aromatic heterocycles. The number of rotatable bonds is 0. The summed E-state index contributed by atoms with van der Waals surface area (Å²) in [5.74, 6) is 0. The zero-order chi connectivity index (χ0) is 9.35. The summed E-state index contributed by atoms with van der Waals surface area (Å²) in [6, 6.07) is 0.137. The Morgan fingerprint density at radius 1 is 1.36 bits per heavy atom. The van der Waals surface area contributed by atoms with Crippen molar-refractivity contribution in [3.05, 3.63) is 0 Å². The molecular weight excluding hydrogens is 227 g/mol. The summed E-state index contributed by atoms with van der Waals surface area (Å²) in [7, 11) is 0. The molecule has 6 heteroatoms. The maximum atomic E-state index is 11.2. The third-order valence-corrected chi connectivity index (χ3v) is 1.56. The van der Waals surface area contributed by atoms with Gasteiger partial charge in [0.15, 0.2) is 0 Å². The van der Waals surface area contributed by atoms with E-state index >= 15 is 0 Å². The number of carbonyl (C=O) groups is 1. The van der Waals surface area contributed by atoms with Crippen molar-refractivity contribution in [3.63, 3.8) is 0 Å². The molecule has 0 aromatic carbocycles. The van der Waals surface area contributed by atoms with Crippen molar-refractivity contribution in [3.8, 4) is 0 Å². The molecule has 1 heterocycles. The molecule has 4 nitrogen and oxygen atoms in total. The Labute approximate surface area is 97.0 Å². The number of halogens is 2. The van der Waals surface area contributed by atoms with Crippen LogP contribution >= 0.6 is 24.8 Å². The quantitative estimate of drug-likeness (QED) is 0.702. The van der Waals surface area contributed by atoms with E-state index in [-0.39, 0.29) is 36.9 Å². The number of amides is 1. The van der Waals surface area contributed by atoms with E-state index in [0.29, 0.717) is 13.1 Å². The molecular formula is C8H18Cl2N2O2. The summed E-state index contributed by atoms with van der Waals surface area (Å²) in [6.45, 7) is 6.80. The van der Waals surface area contributed by atoms with E-state index in [2.05, 4.69) is 0 Å². The fourth-order valence-corrected chi connectivity index (χ4v) is 0.988. The molecule has 0 radical (unpaired) electrons. The van der Waals surface area contributed by atoms with Crippen LogP contribution in [-0.4, -0.2) is 35.7 Å². The zero-order valence-electron chi connectivity index (χ0n) is 8.65. The van der Waals surface area contributed by atoms with Crippen LogP contribution in [0.2, 0.25) is 0 Å². The van der Waals surface area contributed by atoms with Crippen molar-refractivity contribution < 1.29 is 9.53 Å². The van der Waals surface area contributed by atoms with Gasteiger partial charge in [-0.05, 0) is 20.8 Å². The van der Waals surface area contributed by atoms with Crippen LogP contribution in [0.1, 0.15) is 20.8 Å². The third-order valence-electron chi connectivity index (χ3n) is 1.56. The topological polar surface area (TPSA) is 55.6 Å². The number of likely N-dealkylation sites (tertiary alicyclic amines) is 1. The Kier molecular flexibility index (Phi) is 6.54. The standard InChI is InChI=1S/C8H16N2O2.2ClH/c1-8(2,3)12-7(11)10-4-6(9)5-10;;/h6H,4-5,9H2,1-3H3;2*1H. The number of hydrogen-bond donors (Lipinski definition) is 1. The Hall–Kier alpha value is -0.190. The number of carbonyl (C=O) groups excluding carboxylic acids is 1. The molecule has 0 saturated carbocycles. The van der Waals surface area contributed by atoms with E-state index in [4.69, 9.17) is 10.5 Å². The first-order chi connectivity index (χ1) is 5.38.